The Morgan fingerprint density at radius 2 is 1.73 bits per heavy atom. The number of sulfone groups is 1. The van der Waals surface area contributed by atoms with Crippen LogP contribution in [0.3, 0.4) is 0 Å². The number of benzene rings is 3. The summed E-state index contributed by atoms with van der Waals surface area (Å²) in [5, 5.41) is 10.3. The van der Waals surface area contributed by atoms with Crippen LogP contribution in [0.25, 0.3) is 11.1 Å². The first kappa shape index (κ1) is 23.1. The van der Waals surface area contributed by atoms with E-state index in [0.717, 1.165) is 34.2 Å². The van der Waals surface area contributed by atoms with E-state index >= 15 is 0 Å². The van der Waals surface area contributed by atoms with Crippen molar-refractivity contribution in [2.24, 2.45) is 0 Å². The molecule has 0 amide bonds. The van der Waals surface area contributed by atoms with Gasteiger partial charge in [-0.2, -0.15) is 0 Å². The van der Waals surface area contributed by atoms with Gasteiger partial charge >= 0.3 is 0 Å². The molecule has 3 aromatic rings. The SMILES string of the molecule is CCOc1ccc(-c2cccc3c2CCC3O)c(OCc2ccc(S(C)(=O)=O)cc2)c1OC. The molecule has 3 aromatic carbocycles. The van der Waals surface area contributed by atoms with E-state index in [1.54, 1.807) is 31.4 Å². The number of fused-ring (bicyclic) bond motifs is 1. The highest BCUT2D eigenvalue weighted by atomic mass is 32.2. The van der Waals surface area contributed by atoms with E-state index in [1.807, 2.05) is 37.3 Å². The first-order valence-corrected chi connectivity index (χ1v) is 12.8. The van der Waals surface area contributed by atoms with Crippen molar-refractivity contribution < 1.29 is 27.7 Å². The van der Waals surface area contributed by atoms with E-state index in [2.05, 4.69) is 0 Å². The van der Waals surface area contributed by atoms with E-state index in [1.165, 1.54) is 6.26 Å². The quantitative estimate of drug-likeness (QED) is 0.515. The number of rotatable bonds is 8. The lowest BCUT2D eigenvalue weighted by Gasteiger charge is -2.20. The zero-order chi connectivity index (χ0) is 23.6. The highest BCUT2D eigenvalue weighted by Crippen LogP contribution is 2.47. The summed E-state index contributed by atoms with van der Waals surface area (Å²) in [4.78, 5) is 0.265. The molecule has 0 aliphatic heterocycles. The molecular formula is C26H28O6S. The molecule has 6 nitrogen and oxygen atoms in total. The molecule has 0 saturated heterocycles. The molecule has 0 heterocycles. The summed E-state index contributed by atoms with van der Waals surface area (Å²) in [6.07, 6.45) is 2.21. The summed E-state index contributed by atoms with van der Waals surface area (Å²) in [5.74, 6) is 1.63. The summed E-state index contributed by atoms with van der Waals surface area (Å²) in [6, 6.07) is 16.4. The van der Waals surface area contributed by atoms with E-state index < -0.39 is 15.9 Å². The van der Waals surface area contributed by atoms with E-state index in [-0.39, 0.29) is 11.5 Å². The zero-order valence-electron chi connectivity index (χ0n) is 19.0. The molecule has 1 atom stereocenters. The van der Waals surface area contributed by atoms with Gasteiger partial charge in [0, 0.05) is 11.8 Å². The van der Waals surface area contributed by atoms with E-state index in [9.17, 15) is 13.5 Å². The number of hydrogen-bond donors (Lipinski definition) is 1. The Morgan fingerprint density at radius 1 is 0.970 bits per heavy atom. The fourth-order valence-electron chi connectivity index (χ4n) is 4.24. The predicted molar refractivity (Wildman–Crippen MR) is 127 cm³/mol. The third kappa shape index (κ3) is 4.70. The van der Waals surface area contributed by atoms with Gasteiger partial charge in [0.25, 0.3) is 0 Å². The van der Waals surface area contributed by atoms with Crippen LogP contribution in [0, 0.1) is 0 Å². The van der Waals surface area contributed by atoms with Gasteiger partial charge in [-0.3, -0.25) is 0 Å². The summed E-state index contributed by atoms with van der Waals surface area (Å²) in [6.45, 7) is 2.61. The second-order valence-electron chi connectivity index (χ2n) is 8.04. The van der Waals surface area contributed by atoms with Crippen LogP contribution in [0.15, 0.2) is 59.5 Å². The number of aliphatic hydroxyl groups excluding tert-OH is 1. The van der Waals surface area contributed by atoms with Gasteiger partial charge < -0.3 is 19.3 Å². The monoisotopic (exact) mass is 468 g/mol. The summed E-state index contributed by atoms with van der Waals surface area (Å²) in [5.41, 5.74) is 4.73. The Balaban J connectivity index is 1.75. The molecule has 0 saturated carbocycles. The maximum Gasteiger partial charge on any atom is 0.203 e. The Labute approximate surface area is 194 Å². The van der Waals surface area contributed by atoms with Crippen LogP contribution >= 0.6 is 0 Å². The maximum absolute atomic E-state index is 11.7. The maximum atomic E-state index is 11.7. The van der Waals surface area contributed by atoms with Crippen LogP contribution in [0.4, 0.5) is 0 Å². The third-order valence-electron chi connectivity index (χ3n) is 5.84. The van der Waals surface area contributed by atoms with Gasteiger partial charge in [-0.1, -0.05) is 30.3 Å². The molecule has 33 heavy (non-hydrogen) atoms. The number of hydrogen-bond acceptors (Lipinski definition) is 6. The van der Waals surface area contributed by atoms with Crippen LogP contribution in [0.1, 0.15) is 36.1 Å². The highest BCUT2D eigenvalue weighted by molar-refractivity contribution is 7.90. The Hall–Kier alpha value is -3.03. The molecule has 0 radical (unpaired) electrons. The van der Waals surface area contributed by atoms with Gasteiger partial charge in [-0.25, -0.2) is 8.42 Å². The fourth-order valence-corrected chi connectivity index (χ4v) is 4.87. The summed E-state index contributed by atoms with van der Waals surface area (Å²) in [7, 11) is -1.68. The van der Waals surface area contributed by atoms with Crippen molar-refractivity contribution >= 4 is 9.84 Å². The Kier molecular flexibility index (Phi) is 6.63. The normalized spacial score (nSPS) is 15.2. The number of ether oxygens (including phenoxy) is 3. The van der Waals surface area contributed by atoms with Crippen molar-refractivity contribution in [2.45, 2.75) is 37.4 Å². The number of methoxy groups -OCH3 is 1. The van der Waals surface area contributed by atoms with Crippen molar-refractivity contribution in [3.8, 4) is 28.4 Å². The van der Waals surface area contributed by atoms with Crippen LogP contribution in [-0.2, 0) is 22.9 Å². The summed E-state index contributed by atoms with van der Waals surface area (Å²) >= 11 is 0. The van der Waals surface area contributed by atoms with Crippen LogP contribution < -0.4 is 14.2 Å². The fraction of sp³-hybridized carbons (Fsp3) is 0.308. The lowest BCUT2D eigenvalue weighted by Crippen LogP contribution is -2.04. The minimum absolute atomic E-state index is 0.223. The molecule has 174 valence electrons. The summed E-state index contributed by atoms with van der Waals surface area (Å²) < 4.78 is 41.2. The lowest BCUT2D eigenvalue weighted by molar-refractivity contribution is 0.180. The van der Waals surface area contributed by atoms with E-state index in [0.29, 0.717) is 30.3 Å². The lowest BCUT2D eigenvalue weighted by atomic mass is 9.95. The second-order valence-corrected chi connectivity index (χ2v) is 10.1. The molecule has 1 unspecified atom stereocenters. The van der Waals surface area contributed by atoms with Gasteiger partial charge in [-0.15, -0.1) is 0 Å². The molecule has 1 aliphatic carbocycles. The molecule has 0 bridgehead atoms. The second kappa shape index (κ2) is 9.45. The smallest absolute Gasteiger partial charge is 0.203 e. The molecule has 4 rings (SSSR count). The third-order valence-corrected chi connectivity index (χ3v) is 6.97. The molecule has 0 spiro atoms. The van der Waals surface area contributed by atoms with Gasteiger partial charge in [0.15, 0.2) is 21.3 Å². The molecule has 0 aromatic heterocycles. The zero-order valence-corrected chi connectivity index (χ0v) is 19.8. The largest absolute Gasteiger partial charge is 0.490 e. The average Bonchev–Trinajstić information content (AvgIpc) is 3.18. The Bertz CT molecular complexity index is 1250. The van der Waals surface area contributed by atoms with Crippen molar-refractivity contribution in [3.05, 3.63) is 71.3 Å². The minimum atomic E-state index is -3.26. The van der Waals surface area contributed by atoms with E-state index in [4.69, 9.17) is 14.2 Å². The minimum Gasteiger partial charge on any atom is -0.490 e. The predicted octanol–water partition coefficient (Wildman–Crippen LogP) is 4.72. The van der Waals surface area contributed by atoms with Crippen molar-refractivity contribution in [1.82, 2.24) is 0 Å². The van der Waals surface area contributed by atoms with Crippen LogP contribution in [0.2, 0.25) is 0 Å². The first-order chi connectivity index (χ1) is 15.8. The molecule has 1 N–H and O–H groups in total. The first-order valence-electron chi connectivity index (χ1n) is 10.9. The van der Waals surface area contributed by atoms with Gasteiger partial charge in [-0.05, 0) is 66.3 Å². The van der Waals surface area contributed by atoms with Crippen LogP contribution in [-0.4, -0.2) is 33.5 Å². The Morgan fingerprint density at radius 3 is 2.39 bits per heavy atom. The number of aliphatic hydroxyl groups is 1. The molecule has 0 fully saturated rings. The average molecular weight is 469 g/mol. The van der Waals surface area contributed by atoms with Gasteiger partial charge in [0.05, 0.1) is 24.7 Å². The van der Waals surface area contributed by atoms with Crippen molar-refractivity contribution in [3.63, 3.8) is 0 Å². The van der Waals surface area contributed by atoms with Gasteiger partial charge in [0.1, 0.15) is 6.61 Å². The molecule has 1 aliphatic rings. The molecule has 7 heteroatoms. The highest BCUT2D eigenvalue weighted by Gasteiger charge is 2.26. The van der Waals surface area contributed by atoms with Crippen LogP contribution in [0.5, 0.6) is 17.2 Å². The topological polar surface area (TPSA) is 82.1 Å². The van der Waals surface area contributed by atoms with Gasteiger partial charge in [0.2, 0.25) is 5.75 Å². The molecular weight excluding hydrogens is 440 g/mol. The standard InChI is InChI=1S/C26H28O6S/c1-4-31-24-15-13-22(19-6-5-7-21-20(19)12-14-23(21)27)25(26(24)30-2)32-16-17-8-10-18(11-9-17)33(3,28)29/h5-11,13,15,23,27H,4,12,14,16H2,1-3H3. The van der Waals surface area contributed by atoms with Crippen molar-refractivity contribution in [2.75, 3.05) is 20.0 Å². The van der Waals surface area contributed by atoms with Crippen molar-refractivity contribution in [1.29, 1.82) is 0 Å².